The zero-order valence-electron chi connectivity index (χ0n) is 7.44. The first-order valence-electron chi connectivity index (χ1n) is 3.18. The molecule has 0 saturated heterocycles. The zero-order valence-corrected chi connectivity index (χ0v) is 9.44. The number of nitrogens with zero attached hydrogens (tertiary/aromatic N) is 1. The summed E-state index contributed by atoms with van der Waals surface area (Å²) in [4.78, 5) is 13.5. The first kappa shape index (κ1) is 14.4. The van der Waals surface area contributed by atoms with E-state index in [1.807, 2.05) is 0 Å². The topological polar surface area (TPSA) is 98.7 Å². The Morgan fingerprint density at radius 1 is 1.58 bits per heavy atom. The Morgan fingerprint density at radius 2 is 2.00 bits per heavy atom. The second kappa shape index (κ2) is 6.42. The number of carboxylic acids is 1. The van der Waals surface area contributed by atoms with Crippen LogP contribution in [0, 0.1) is 0 Å². The molecule has 0 aromatic carbocycles. The van der Waals surface area contributed by atoms with Gasteiger partial charge in [0.1, 0.15) is 6.04 Å². The molecule has 6 heteroatoms. The normalized spacial score (nSPS) is 16.1. The van der Waals surface area contributed by atoms with Crippen molar-refractivity contribution in [2.45, 2.75) is 25.9 Å². The molecule has 0 saturated carbocycles. The van der Waals surface area contributed by atoms with Gasteiger partial charge in [0.05, 0.1) is 0 Å². The molecule has 0 heterocycles. The van der Waals surface area contributed by atoms with Crippen LogP contribution in [-0.2, 0) is 4.79 Å². The fraction of sp³-hybridized carbons (Fsp3) is 0.667. The van der Waals surface area contributed by atoms with Gasteiger partial charge in [-0.15, -0.1) is 0 Å². The van der Waals surface area contributed by atoms with E-state index >= 15 is 0 Å². The monoisotopic (exact) mass is 182 g/mol. The number of carbonyl (C=O) groups is 1. The molecule has 12 heavy (non-hydrogen) atoms. The third-order valence-corrected chi connectivity index (χ3v) is 1.07. The van der Waals surface area contributed by atoms with Crippen LogP contribution in [0.15, 0.2) is 4.99 Å². The van der Waals surface area contributed by atoms with Crippen LogP contribution in [0.2, 0.25) is 0 Å². The molecule has 2 atom stereocenters. The van der Waals surface area contributed by atoms with E-state index in [2.05, 4.69) is 4.99 Å². The summed E-state index contributed by atoms with van der Waals surface area (Å²) in [5, 5.41) is 19.0. The summed E-state index contributed by atoms with van der Waals surface area (Å²) in [6, 6.07) is -1.73. The van der Waals surface area contributed by atoms with E-state index in [1.54, 1.807) is 0 Å². The van der Waals surface area contributed by atoms with Gasteiger partial charge >= 0.3 is 35.5 Å². The number of rotatable bonds is 3. The van der Waals surface area contributed by atoms with E-state index in [-0.39, 0.29) is 29.6 Å². The van der Waals surface area contributed by atoms with E-state index in [0.29, 0.717) is 0 Å². The maximum atomic E-state index is 10.7. The van der Waals surface area contributed by atoms with E-state index in [1.165, 1.54) is 13.8 Å². The Hall–Kier alpha value is -0.100. The summed E-state index contributed by atoms with van der Waals surface area (Å²) >= 11 is 0. The number of hydrogen-bond acceptors (Lipinski definition) is 4. The minimum absolute atomic E-state index is 0. The second-order valence-corrected chi connectivity index (χ2v) is 2.27. The molecule has 0 aliphatic heterocycles. The van der Waals surface area contributed by atoms with Crippen molar-refractivity contribution in [1.82, 2.24) is 0 Å². The van der Waals surface area contributed by atoms with E-state index in [0.717, 1.165) is 0 Å². The van der Waals surface area contributed by atoms with Gasteiger partial charge < -0.3 is 15.9 Å². The van der Waals surface area contributed by atoms with Crippen LogP contribution in [0.25, 0.3) is 0 Å². The van der Waals surface area contributed by atoms with Crippen molar-refractivity contribution in [1.29, 1.82) is 0 Å². The third kappa shape index (κ3) is 5.54. The van der Waals surface area contributed by atoms with Crippen LogP contribution in [-0.4, -0.2) is 29.1 Å². The second-order valence-electron chi connectivity index (χ2n) is 2.27. The van der Waals surface area contributed by atoms with Crippen LogP contribution in [0.5, 0.6) is 0 Å². The third-order valence-electron chi connectivity index (χ3n) is 1.07. The number of hydrogen-bond donors (Lipinski definition) is 2. The van der Waals surface area contributed by atoms with Crippen molar-refractivity contribution < 1.29 is 44.6 Å². The van der Waals surface area contributed by atoms with Gasteiger partial charge in [-0.2, -0.15) is 0 Å². The van der Waals surface area contributed by atoms with Gasteiger partial charge in [-0.25, -0.2) is 4.79 Å². The Bertz CT molecular complexity index is 182. The Morgan fingerprint density at radius 3 is 2.25 bits per heavy atom. The average Bonchev–Trinajstić information content (AvgIpc) is 1.87. The SMILES string of the molecule is C[C@H](N)C([O-])=N[C@@H](C)C(=O)O.[Na+]. The van der Waals surface area contributed by atoms with Crippen molar-refractivity contribution in [3.63, 3.8) is 0 Å². The Kier molecular flexibility index (Phi) is 7.72. The predicted molar refractivity (Wildman–Crippen MR) is 38.2 cm³/mol. The maximum absolute atomic E-state index is 10.7. The predicted octanol–water partition coefficient (Wildman–Crippen LogP) is -4.43. The standard InChI is InChI=1S/C6H12N2O3.Na/c1-3(7)5(9)8-4(2)6(10)11;/h3-4H,7H2,1-2H3,(H,8,9)(H,10,11);/q;+1/p-1/t3-,4-;/m0./s1. The molecule has 5 nitrogen and oxygen atoms in total. The number of aliphatic carboxylic acids is 1. The van der Waals surface area contributed by atoms with E-state index < -0.39 is 24.0 Å². The smallest absolute Gasteiger partial charge is 0.861 e. The molecule has 64 valence electrons. The molecular weight excluding hydrogens is 171 g/mol. The van der Waals surface area contributed by atoms with Crippen LogP contribution in [0.3, 0.4) is 0 Å². The Labute approximate surface area is 93.0 Å². The number of carboxylic acid groups (broad SMARTS) is 1. The molecule has 0 spiro atoms. The molecule has 0 radical (unpaired) electrons. The summed E-state index contributed by atoms with van der Waals surface area (Å²) in [6.07, 6.45) is 0. The molecule has 0 rings (SSSR count). The largest absolute Gasteiger partial charge is 1.00 e. The van der Waals surface area contributed by atoms with Crippen LogP contribution in [0.1, 0.15) is 13.8 Å². The van der Waals surface area contributed by atoms with Gasteiger partial charge in [0.2, 0.25) is 0 Å². The first-order valence-corrected chi connectivity index (χ1v) is 3.18. The average molecular weight is 182 g/mol. The molecule has 0 bridgehead atoms. The Balaban J connectivity index is 0. The molecular formula is C6H11N2NaO3. The summed E-state index contributed by atoms with van der Waals surface area (Å²) in [6.45, 7) is 2.78. The van der Waals surface area contributed by atoms with Crippen molar-refractivity contribution >= 4 is 11.9 Å². The van der Waals surface area contributed by atoms with Crippen LogP contribution < -0.4 is 40.4 Å². The fourth-order valence-electron chi connectivity index (χ4n) is 0.364. The van der Waals surface area contributed by atoms with Crippen LogP contribution in [0.4, 0.5) is 0 Å². The summed E-state index contributed by atoms with van der Waals surface area (Å²) in [5.41, 5.74) is 5.15. The molecule has 0 aliphatic carbocycles. The summed E-state index contributed by atoms with van der Waals surface area (Å²) < 4.78 is 0. The maximum Gasteiger partial charge on any atom is 1.00 e. The van der Waals surface area contributed by atoms with E-state index in [9.17, 15) is 9.90 Å². The zero-order chi connectivity index (χ0) is 9.02. The minimum Gasteiger partial charge on any atom is -0.861 e. The van der Waals surface area contributed by atoms with Gasteiger partial charge in [-0.3, -0.25) is 4.99 Å². The van der Waals surface area contributed by atoms with Gasteiger partial charge in [0.15, 0.2) is 0 Å². The molecule has 0 aromatic rings. The van der Waals surface area contributed by atoms with E-state index in [4.69, 9.17) is 10.8 Å². The molecule has 0 unspecified atom stereocenters. The van der Waals surface area contributed by atoms with Gasteiger partial charge in [-0.05, 0) is 19.7 Å². The van der Waals surface area contributed by atoms with Crippen molar-refractivity contribution in [2.75, 3.05) is 0 Å². The summed E-state index contributed by atoms with van der Waals surface area (Å²) in [7, 11) is 0. The van der Waals surface area contributed by atoms with Crippen molar-refractivity contribution in [2.24, 2.45) is 10.7 Å². The van der Waals surface area contributed by atoms with Gasteiger partial charge in [-0.1, -0.05) is 0 Å². The minimum atomic E-state index is -1.13. The van der Waals surface area contributed by atoms with Crippen molar-refractivity contribution in [3.05, 3.63) is 0 Å². The van der Waals surface area contributed by atoms with Crippen molar-refractivity contribution in [3.8, 4) is 0 Å². The van der Waals surface area contributed by atoms with Gasteiger partial charge in [0.25, 0.3) is 0 Å². The summed E-state index contributed by atoms with van der Waals surface area (Å²) in [5.74, 6) is -1.71. The first-order chi connectivity index (χ1) is 4.95. The number of aliphatic imine (C=N–C) groups is 1. The molecule has 0 aromatic heterocycles. The fourth-order valence-corrected chi connectivity index (χ4v) is 0.364. The molecule has 0 amide bonds. The van der Waals surface area contributed by atoms with Crippen LogP contribution >= 0.6 is 0 Å². The molecule has 0 fully saturated rings. The quantitative estimate of drug-likeness (QED) is 0.261. The molecule has 0 aliphatic rings. The van der Waals surface area contributed by atoms with Gasteiger partial charge in [0, 0.05) is 6.04 Å². The number of nitrogens with two attached hydrogens (primary N) is 1. The molecule has 3 N–H and O–H groups in total.